The lowest BCUT2D eigenvalue weighted by Crippen LogP contribution is -2.31. The van der Waals surface area contributed by atoms with Gasteiger partial charge in [0.05, 0.1) is 33.0 Å². The van der Waals surface area contributed by atoms with E-state index in [0.29, 0.717) is 34.6 Å². The van der Waals surface area contributed by atoms with Crippen LogP contribution in [-0.2, 0) is 13.1 Å². The first-order valence-corrected chi connectivity index (χ1v) is 9.63. The van der Waals surface area contributed by atoms with Gasteiger partial charge in [0.1, 0.15) is 22.3 Å². The predicted molar refractivity (Wildman–Crippen MR) is 111 cm³/mol. The number of nitrogens with zero attached hydrogens (tertiary/aromatic N) is 2. The first kappa shape index (κ1) is 20.2. The van der Waals surface area contributed by atoms with Crippen molar-refractivity contribution in [2.24, 2.45) is 0 Å². The molecule has 0 atom stereocenters. The standard InChI is InChI=1S/C20H19BrClN3O3/c1-27-14-6-5-13(18(10-14)28-2)11-25(20(26)16-4-3-9-23-16)12-17-15(21)7-8-19(22)24-17/h3-10,23H,11-12H2,1-2H3. The summed E-state index contributed by atoms with van der Waals surface area (Å²) in [5.74, 6) is 1.17. The summed E-state index contributed by atoms with van der Waals surface area (Å²) in [4.78, 5) is 22.1. The van der Waals surface area contributed by atoms with Gasteiger partial charge in [-0.2, -0.15) is 0 Å². The summed E-state index contributed by atoms with van der Waals surface area (Å²) >= 11 is 9.53. The van der Waals surface area contributed by atoms with Crippen LogP contribution in [0.5, 0.6) is 11.5 Å². The van der Waals surface area contributed by atoms with Crippen molar-refractivity contribution in [2.45, 2.75) is 13.1 Å². The molecule has 1 N–H and O–H groups in total. The lowest BCUT2D eigenvalue weighted by atomic mass is 10.1. The van der Waals surface area contributed by atoms with Crippen LogP contribution in [0.2, 0.25) is 5.15 Å². The molecule has 28 heavy (non-hydrogen) atoms. The number of amides is 1. The van der Waals surface area contributed by atoms with Crippen LogP contribution in [0.1, 0.15) is 21.7 Å². The average molecular weight is 465 g/mol. The summed E-state index contributed by atoms with van der Waals surface area (Å²) in [6.07, 6.45) is 1.72. The van der Waals surface area contributed by atoms with Crippen molar-refractivity contribution in [3.05, 3.63) is 75.2 Å². The number of H-pyrrole nitrogens is 1. The molecule has 0 radical (unpaired) electrons. The van der Waals surface area contributed by atoms with Crippen molar-refractivity contribution < 1.29 is 14.3 Å². The predicted octanol–water partition coefficient (Wildman–Crippen LogP) is 4.69. The molecule has 6 nitrogen and oxygen atoms in total. The average Bonchev–Trinajstić information content (AvgIpc) is 3.24. The zero-order valence-electron chi connectivity index (χ0n) is 15.4. The highest BCUT2D eigenvalue weighted by atomic mass is 79.9. The van der Waals surface area contributed by atoms with Gasteiger partial charge in [-0.25, -0.2) is 4.98 Å². The van der Waals surface area contributed by atoms with Gasteiger partial charge < -0.3 is 19.4 Å². The van der Waals surface area contributed by atoms with E-state index in [1.165, 1.54) is 0 Å². The number of halogens is 2. The highest BCUT2D eigenvalue weighted by Gasteiger charge is 2.21. The van der Waals surface area contributed by atoms with Crippen LogP contribution in [0.4, 0.5) is 0 Å². The molecule has 1 amide bonds. The fourth-order valence-electron chi connectivity index (χ4n) is 2.77. The summed E-state index contributed by atoms with van der Waals surface area (Å²) in [6.45, 7) is 0.597. The number of hydrogen-bond acceptors (Lipinski definition) is 4. The Bertz CT molecular complexity index is 963. The third-order valence-electron chi connectivity index (χ3n) is 4.20. The molecular formula is C20H19BrClN3O3. The highest BCUT2D eigenvalue weighted by Crippen LogP contribution is 2.27. The number of benzene rings is 1. The molecule has 0 aliphatic heterocycles. The van der Waals surface area contributed by atoms with Crippen molar-refractivity contribution in [1.29, 1.82) is 0 Å². The summed E-state index contributed by atoms with van der Waals surface area (Å²) in [6, 6.07) is 12.5. The van der Waals surface area contributed by atoms with Crippen molar-refractivity contribution in [2.75, 3.05) is 14.2 Å². The van der Waals surface area contributed by atoms with Crippen LogP contribution in [0.15, 0.2) is 53.1 Å². The van der Waals surface area contributed by atoms with Gasteiger partial charge in [-0.15, -0.1) is 0 Å². The molecule has 1 aromatic carbocycles. The van der Waals surface area contributed by atoms with Gasteiger partial charge in [-0.05, 0) is 52.3 Å². The van der Waals surface area contributed by atoms with Crippen molar-refractivity contribution in [1.82, 2.24) is 14.9 Å². The minimum absolute atomic E-state index is 0.156. The Kier molecular flexibility index (Phi) is 6.59. The van der Waals surface area contributed by atoms with Crippen LogP contribution in [0.25, 0.3) is 0 Å². The second-order valence-corrected chi connectivity index (χ2v) is 7.23. The van der Waals surface area contributed by atoms with Crippen molar-refractivity contribution in [3.63, 3.8) is 0 Å². The second kappa shape index (κ2) is 9.12. The molecule has 0 aliphatic carbocycles. The Morgan fingerprint density at radius 2 is 2.00 bits per heavy atom. The maximum Gasteiger partial charge on any atom is 0.270 e. The lowest BCUT2D eigenvalue weighted by Gasteiger charge is -2.24. The highest BCUT2D eigenvalue weighted by molar-refractivity contribution is 9.10. The van der Waals surface area contributed by atoms with Gasteiger partial charge in [0, 0.05) is 22.3 Å². The third kappa shape index (κ3) is 4.66. The van der Waals surface area contributed by atoms with E-state index in [1.54, 1.807) is 49.6 Å². The van der Waals surface area contributed by atoms with E-state index < -0.39 is 0 Å². The Hall–Kier alpha value is -2.51. The smallest absolute Gasteiger partial charge is 0.270 e. The van der Waals surface area contributed by atoms with E-state index in [-0.39, 0.29) is 12.5 Å². The number of nitrogens with one attached hydrogen (secondary N) is 1. The SMILES string of the molecule is COc1ccc(CN(Cc2nc(Cl)ccc2Br)C(=O)c2ccc[nH]2)c(OC)c1. The van der Waals surface area contributed by atoms with Crippen LogP contribution < -0.4 is 9.47 Å². The largest absolute Gasteiger partial charge is 0.497 e. The molecular weight excluding hydrogens is 446 g/mol. The number of ether oxygens (including phenoxy) is 2. The van der Waals surface area contributed by atoms with Crippen molar-refractivity contribution >= 4 is 33.4 Å². The van der Waals surface area contributed by atoms with Crippen molar-refractivity contribution in [3.8, 4) is 11.5 Å². The van der Waals surface area contributed by atoms with Crippen LogP contribution in [-0.4, -0.2) is 35.0 Å². The minimum atomic E-state index is -0.156. The van der Waals surface area contributed by atoms with Crippen LogP contribution in [0.3, 0.4) is 0 Å². The fraction of sp³-hybridized carbons (Fsp3) is 0.200. The molecule has 0 bridgehead atoms. The first-order chi connectivity index (χ1) is 13.5. The molecule has 0 spiro atoms. The maximum absolute atomic E-state index is 13.1. The number of hydrogen-bond donors (Lipinski definition) is 1. The molecule has 0 saturated carbocycles. The second-order valence-electron chi connectivity index (χ2n) is 5.99. The monoisotopic (exact) mass is 463 g/mol. The summed E-state index contributed by atoms with van der Waals surface area (Å²) in [7, 11) is 3.18. The maximum atomic E-state index is 13.1. The fourth-order valence-corrected chi connectivity index (χ4v) is 3.28. The van der Waals surface area contributed by atoms with E-state index in [1.807, 2.05) is 18.2 Å². The van der Waals surface area contributed by atoms with Crippen LogP contribution in [0, 0.1) is 0 Å². The lowest BCUT2D eigenvalue weighted by molar-refractivity contribution is 0.0721. The minimum Gasteiger partial charge on any atom is -0.497 e. The number of rotatable bonds is 7. The van der Waals surface area contributed by atoms with Gasteiger partial charge in [0.2, 0.25) is 0 Å². The molecule has 0 unspecified atom stereocenters. The molecule has 3 aromatic rings. The number of carbonyl (C=O) groups is 1. The number of carbonyl (C=O) groups excluding carboxylic acids is 1. The topological polar surface area (TPSA) is 67.5 Å². The number of aromatic amines is 1. The van der Waals surface area contributed by atoms with E-state index in [9.17, 15) is 4.79 Å². The zero-order valence-corrected chi connectivity index (χ0v) is 17.8. The summed E-state index contributed by atoms with van der Waals surface area (Å²) in [5, 5.41) is 0.368. The number of aromatic nitrogens is 2. The van der Waals surface area contributed by atoms with E-state index in [4.69, 9.17) is 21.1 Å². The molecule has 3 rings (SSSR count). The molecule has 0 saturated heterocycles. The quantitative estimate of drug-likeness (QED) is 0.515. The molecule has 2 aromatic heterocycles. The third-order valence-corrected chi connectivity index (χ3v) is 5.13. The normalized spacial score (nSPS) is 10.6. The number of methoxy groups -OCH3 is 2. The number of pyridine rings is 1. The molecule has 0 aliphatic rings. The zero-order chi connectivity index (χ0) is 20.1. The van der Waals surface area contributed by atoms with E-state index in [2.05, 4.69) is 25.9 Å². The molecule has 146 valence electrons. The summed E-state index contributed by atoms with van der Waals surface area (Å²) in [5.41, 5.74) is 2.01. The Balaban J connectivity index is 1.95. The van der Waals surface area contributed by atoms with E-state index in [0.717, 1.165) is 10.0 Å². The molecule has 8 heteroatoms. The first-order valence-electron chi connectivity index (χ1n) is 8.46. The van der Waals surface area contributed by atoms with Gasteiger partial charge >= 0.3 is 0 Å². The van der Waals surface area contributed by atoms with Gasteiger partial charge in [0.15, 0.2) is 0 Å². The Labute approximate surface area is 176 Å². The van der Waals surface area contributed by atoms with Gasteiger partial charge in [-0.1, -0.05) is 11.6 Å². The van der Waals surface area contributed by atoms with Gasteiger partial charge in [-0.3, -0.25) is 4.79 Å². The van der Waals surface area contributed by atoms with E-state index >= 15 is 0 Å². The summed E-state index contributed by atoms with van der Waals surface area (Å²) < 4.78 is 11.5. The Morgan fingerprint density at radius 1 is 1.18 bits per heavy atom. The van der Waals surface area contributed by atoms with Crippen LogP contribution >= 0.6 is 27.5 Å². The Morgan fingerprint density at radius 3 is 2.68 bits per heavy atom. The molecule has 0 fully saturated rings. The van der Waals surface area contributed by atoms with Gasteiger partial charge in [0.25, 0.3) is 5.91 Å². The molecule has 2 heterocycles.